The van der Waals surface area contributed by atoms with Crippen LogP contribution in [0, 0.1) is 6.92 Å². The van der Waals surface area contributed by atoms with Crippen LogP contribution in [0.15, 0.2) is 24.3 Å². The molecule has 1 heterocycles. The van der Waals surface area contributed by atoms with Gasteiger partial charge >= 0.3 is 0 Å². The minimum Gasteiger partial charge on any atom is -0.494 e. The Morgan fingerprint density at radius 3 is 3.05 bits per heavy atom. The van der Waals surface area contributed by atoms with Crippen molar-refractivity contribution < 1.29 is 9.47 Å². The molecule has 0 radical (unpaired) electrons. The molecule has 0 saturated carbocycles. The summed E-state index contributed by atoms with van der Waals surface area (Å²) < 4.78 is 11.3. The van der Waals surface area contributed by atoms with Crippen LogP contribution in [0.25, 0.3) is 0 Å². The predicted molar refractivity (Wildman–Crippen MR) is 77.5 cm³/mol. The summed E-state index contributed by atoms with van der Waals surface area (Å²) in [5.74, 6) is 0.936. The first kappa shape index (κ1) is 14.4. The fraction of sp³-hybridized carbons (Fsp3) is 0.625. The maximum atomic E-state index is 6.11. The fourth-order valence-corrected chi connectivity index (χ4v) is 2.45. The van der Waals surface area contributed by atoms with Gasteiger partial charge in [-0.15, -0.1) is 0 Å². The van der Waals surface area contributed by atoms with Gasteiger partial charge in [-0.25, -0.2) is 0 Å². The van der Waals surface area contributed by atoms with Gasteiger partial charge in [0.05, 0.1) is 12.7 Å². The average molecular weight is 263 g/mol. The summed E-state index contributed by atoms with van der Waals surface area (Å²) in [6.07, 6.45) is 5.88. The summed E-state index contributed by atoms with van der Waals surface area (Å²) in [5, 5.41) is 0. The van der Waals surface area contributed by atoms with E-state index in [1.54, 1.807) is 0 Å². The van der Waals surface area contributed by atoms with E-state index in [0.29, 0.717) is 12.7 Å². The van der Waals surface area contributed by atoms with Crippen LogP contribution in [0.2, 0.25) is 0 Å². The Kier molecular flexibility index (Phi) is 5.67. The predicted octanol–water partition coefficient (Wildman–Crippen LogP) is 3.05. The van der Waals surface area contributed by atoms with E-state index < -0.39 is 0 Å². The lowest BCUT2D eigenvalue weighted by molar-refractivity contribution is 0.0999. The summed E-state index contributed by atoms with van der Waals surface area (Å²) in [5.41, 5.74) is 7.33. The zero-order valence-corrected chi connectivity index (χ0v) is 11.8. The van der Waals surface area contributed by atoms with E-state index in [4.69, 9.17) is 15.2 Å². The van der Waals surface area contributed by atoms with E-state index in [1.807, 2.05) is 12.1 Å². The lowest BCUT2D eigenvalue weighted by atomic mass is 10.0. The van der Waals surface area contributed by atoms with Gasteiger partial charge in [-0.3, -0.25) is 0 Å². The minimum atomic E-state index is 0.217. The van der Waals surface area contributed by atoms with Crippen LogP contribution >= 0.6 is 0 Å². The summed E-state index contributed by atoms with van der Waals surface area (Å²) in [6, 6.07) is 8.35. The molecule has 3 nitrogen and oxygen atoms in total. The largest absolute Gasteiger partial charge is 0.494 e. The maximum absolute atomic E-state index is 6.11. The molecule has 0 spiro atoms. The normalized spacial score (nSPS) is 20.4. The number of benzene rings is 1. The Balaban J connectivity index is 1.59. The number of hydrogen-bond acceptors (Lipinski definition) is 3. The van der Waals surface area contributed by atoms with Crippen molar-refractivity contribution in [3.05, 3.63) is 29.8 Å². The molecule has 2 N–H and O–H groups in total. The van der Waals surface area contributed by atoms with Crippen LogP contribution in [0.3, 0.4) is 0 Å². The van der Waals surface area contributed by atoms with Crippen molar-refractivity contribution in [2.75, 3.05) is 13.2 Å². The van der Waals surface area contributed by atoms with Gasteiger partial charge < -0.3 is 15.2 Å². The van der Waals surface area contributed by atoms with Crippen LogP contribution in [0.4, 0.5) is 0 Å². The fourth-order valence-electron chi connectivity index (χ4n) is 2.45. The maximum Gasteiger partial charge on any atom is 0.119 e. The van der Waals surface area contributed by atoms with Gasteiger partial charge in [0.15, 0.2) is 0 Å². The molecule has 0 amide bonds. The van der Waals surface area contributed by atoms with Crippen molar-refractivity contribution >= 4 is 0 Å². The van der Waals surface area contributed by atoms with Gasteiger partial charge in [0.1, 0.15) is 5.75 Å². The Morgan fingerprint density at radius 1 is 1.42 bits per heavy atom. The molecular weight excluding hydrogens is 238 g/mol. The standard InChI is InChI=1S/C16H25NO2/c1-13-4-2-5-16(12-13)19-11-9-14(17)7-8-15-6-3-10-18-15/h2,4-5,12,14-15H,3,6-11,17H2,1H3. The molecule has 1 fully saturated rings. The topological polar surface area (TPSA) is 44.5 Å². The van der Waals surface area contributed by atoms with E-state index in [1.165, 1.54) is 18.4 Å². The number of rotatable bonds is 7. The molecule has 2 rings (SSSR count). The van der Waals surface area contributed by atoms with E-state index >= 15 is 0 Å². The Labute approximate surface area is 116 Å². The molecule has 106 valence electrons. The zero-order chi connectivity index (χ0) is 13.5. The third-order valence-corrected chi connectivity index (χ3v) is 3.63. The Hall–Kier alpha value is -1.06. The van der Waals surface area contributed by atoms with Crippen LogP contribution in [0.5, 0.6) is 5.75 Å². The summed E-state index contributed by atoms with van der Waals surface area (Å²) in [6.45, 7) is 3.69. The molecule has 19 heavy (non-hydrogen) atoms. The molecule has 1 aliphatic heterocycles. The molecular formula is C16H25NO2. The molecule has 0 bridgehead atoms. The van der Waals surface area contributed by atoms with Gasteiger partial charge in [-0.05, 0) is 56.7 Å². The van der Waals surface area contributed by atoms with E-state index in [-0.39, 0.29) is 6.04 Å². The van der Waals surface area contributed by atoms with Crippen LogP contribution in [-0.2, 0) is 4.74 Å². The Bertz CT molecular complexity index is 375. The highest BCUT2D eigenvalue weighted by atomic mass is 16.5. The molecule has 0 aromatic heterocycles. The van der Waals surface area contributed by atoms with Crippen LogP contribution < -0.4 is 10.5 Å². The van der Waals surface area contributed by atoms with Crippen molar-refractivity contribution in [2.24, 2.45) is 5.73 Å². The number of aryl methyl sites for hydroxylation is 1. The van der Waals surface area contributed by atoms with Gasteiger partial charge in [0.25, 0.3) is 0 Å². The first-order valence-corrected chi connectivity index (χ1v) is 7.30. The van der Waals surface area contributed by atoms with Crippen molar-refractivity contribution in [1.29, 1.82) is 0 Å². The van der Waals surface area contributed by atoms with Gasteiger partial charge in [-0.1, -0.05) is 12.1 Å². The monoisotopic (exact) mass is 263 g/mol. The van der Waals surface area contributed by atoms with Crippen molar-refractivity contribution in [3.63, 3.8) is 0 Å². The quantitative estimate of drug-likeness (QED) is 0.822. The molecule has 1 saturated heterocycles. The molecule has 0 aliphatic carbocycles. The lowest BCUT2D eigenvalue weighted by Gasteiger charge is -2.15. The molecule has 3 heteroatoms. The van der Waals surface area contributed by atoms with Crippen LogP contribution in [-0.4, -0.2) is 25.4 Å². The highest BCUT2D eigenvalue weighted by Crippen LogP contribution is 2.18. The van der Waals surface area contributed by atoms with E-state index in [2.05, 4.69) is 19.1 Å². The zero-order valence-electron chi connectivity index (χ0n) is 11.8. The number of nitrogens with two attached hydrogens (primary N) is 1. The molecule has 1 aromatic carbocycles. The van der Waals surface area contributed by atoms with E-state index in [9.17, 15) is 0 Å². The van der Waals surface area contributed by atoms with Crippen molar-refractivity contribution in [2.45, 2.75) is 51.2 Å². The third-order valence-electron chi connectivity index (χ3n) is 3.63. The third kappa shape index (κ3) is 5.21. The lowest BCUT2D eigenvalue weighted by Crippen LogP contribution is -2.24. The van der Waals surface area contributed by atoms with Gasteiger partial charge in [0.2, 0.25) is 0 Å². The second-order valence-electron chi connectivity index (χ2n) is 5.43. The average Bonchev–Trinajstić information content (AvgIpc) is 2.89. The summed E-state index contributed by atoms with van der Waals surface area (Å²) >= 11 is 0. The van der Waals surface area contributed by atoms with E-state index in [0.717, 1.165) is 31.6 Å². The summed E-state index contributed by atoms with van der Waals surface area (Å²) in [7, 11) is 0. The first-order valence-electron chi connectivity index (χ1n) is 7.30. The highest BCUT2D eigenvalue weighted by molar-refractivity contribution is 5.27. The summed E-state index contributed by atoms with van der Waals surface area (Å²) in [4.78, 5) is 0. The first-order chi connectivity index (χ1) is 9.24. The molecule has 2 atom stereocenters. The highest BCUT2D eigenvalue weighted by Gasteiger charge is 2.16. The van der Waals surface area contributed by atoms with Crippen molar-refractivity contribution in [1.82, 2.24) is 0 Å². The SMILES string of the molecule is Cc1cccc(OCCC(N)CCC2CCCO2)c1. The minimum absolute atomic E-state index is 0.217. The van der Waals surface area contributed by atoms with Crippen molar-refractivity contribution in [3.8, 4) is 5.75 Å². The van der Waals surface area contributed by atoms with Gasteiger partial charge in [0, 0.05) is 12.6 Å². The molecule has 1 aromatic rings. The smallest absolute Gasteiger partial charge is 0.119 e. The van der Waals surface area contributed by atoms with Gasteiger partial charge in [-0.2, -0.15) is 0 Å². The number of hydrogen-bond donors (Lipinski definition) is 1. The molecule has 2 unspecified atom stereocenters. The van der Waals surface area contributed by atoms with Crippen LogP contribution in [0.1, 0.15) is 37.7 Å². The number of ether oxygens (including phenoxy) is 2. The second kappa shape index (κ2) is 7.51. The second-order valence-corrected chi connectivity index (χ2v) is 5.43. The molecule has 1 aliphatic rings. The Morgan fingerprint density at radius 2 is 2.32 bits per heavy atom.